The summed E-state index contributed by atoms with van der Waals surface area (Å²) >= 11 is 0. The summed E-state index contributed by atoms with van der Waals surface area (Å²) in [5.74, 6) is 0.240. The number of fused-ring (bicyclic) bond motifs is 1. The molecule has 4 nitrogen and oxygen atoms in total. The first-order valence-corrected chi connectivity index (χ1v) is 5.27. The number of aromatic nitrogens is 2. The molecule has 0 saturated heterocycles. The molecule has 0 saturated carbocycles. The minimum atomic E-state index is 0.240. The standard InChI is InChI=1S/C13H11N3O/c14-10-2-1-9-8-15-16(13(9)7-10)11-3-5-12(17)6-4-11/h1-8,17H,14H2. The summed E-state index contributed by atoms with van der Waals surface area (Å²) in [7, 11) is 0. The molecule has 0 unspecified atom stereocenters. The summed E-state index contributed by atoms with van der Waals surface area (Å²) in [6.45, 7) is 0. The van der Waals surface area contributed by atoms with Gasteiger partial charge in [-0.25, -0.2) is 4.68 Å². The van der Waals surface area contributed by atoms with Crippen LogP contribution in [0.1, 0.15) is 0 Å². The fourth-order valence-electron chi connectivity index (χ4n) is 1.84. The summed E-state index contributed by atoms with van der Waals surface area (Å²) in [5, 5.41) is 14.6. The average Bonchev–Trinajstić information content (AvgIpc) is 2.73. The Morgan fingerprint density at radius 2 is 1.82 bits per heavy atom. The highest BCUT2D eigenvalue weighted by molar-refractivity contribution is 5.83. The molecule has 1 aromatic heterocycles. The molecule has 1 heterocycles. The van der Waals surface area contributed by atoms with E-state index in [-0.39, 0.29) is 5.75 Å². The number of aromatic hydroxyl groups is 1. The highest BCUT2D eigenvalue weighted by atomic mass is 16.3. The van der Waals surface area contributed by atoms with Gasteiger partial charge in [0.05, 0.1) is 17.4 Å². The molecule has 0 aliphatic carbocycles. The van der Waals surface area contributed by atoms with Gasteiger partial charge in [-0.1, -0.05) is 0 Å². The van der Waals surface area contributed by atoms with E-state index < -0.39 is 0 Å². The highest BCUT2D eigenvalue weighted by Gasteiger charge is 2.04. The van der Waals surface area contributed by atoms with E-state index in [4.69, 9.17) is 5.73 Å². The van der Waals surface area contributed by atoms with Gasteiger partial charge in [-0.2, -0.15) is 5.10 Å². The SMILES string of the molecule is Nc1ccc2cnn(-c3ccc(O)cc3)c2c1. The summed E-state index contributed by atoms with van der Waals surface area (Å²) in [6.07, 6.45) is 1.79. The average molecular weight is 225 g/mol. The van der Waals surface area contributed by atoms with Crippen LogP contribution in [0.5, 0.6) is 5.75 Å². The van der Waals surface area contributed by atoms with Crippen molar-refractivity contribution in [1.82, 2.24) is 9.78 Å². The molecule has 0 spiro atoms. The second-order valence-corrected chi connectivity index (χ2v) is 3.89. The lowest BCUT2D eigenvalue weighted by Gasteiger charge is -2.04. The Labute approximate surface area is 97.9 Å². The van der Waals surface area contributed by atoms with Crippen LogP contribution in [0.25, 0.3) is 16.6 Å². The van der Waals surface area contributed by atoms with E-state index in [1.165, 1.54) is 0 Å². The quantitative estimate of drug-likeness (QED) is 0.624. The maximum atomic E-state index is 9.26. The van der Waals surface area contributed by atoms with Crippen molar-refractivity contribution in [2.75, 3.05) is 5.73 Å². The Bertz CT molecular complexity index is 671. The van der Waals surface area contributed by atoms with Crippen LogP contribution in [0.2, 0.25) is 0 Å². The Morgan fingerprint density at radius 3 is 2.59 bits per heavy atom. The number of phenols is 1. The summed E-state index contributed by atoms with van der Waals surface area (Å²) in [4.78, 5) is 0. The van der Waals surface area contributed by atoms with Crippen molar-refractivity contribution >= 4 is 16.6 Å². The first-order valence-electron chi connectivity index (χ1n) is 5.27. The van der Waals surface area contributed by atoms with Crippen LogP contribution in [-0.4, -0.2) is 14.9 Å². The number of hydrogen-bond donors (Lipinski definition) is 2. The lowest BCUT2D eigenvalue weighted by atomic mass is 10.2. The van der Waals surface area contributed by atoms with Crippen molar-refractivity contribution in [2.45, 2.75) is 0 Å². The third kappa shape index (κ3) is 1.59. The summed E-state index contributed by atoms with van der Waals surface area (Å²) in [5.41, 5.74) is 8.33. The second kappa shape index (κ2) is 3.52. The molecule has 0 atom stereocenters. The predicted octanol–water partition coefficient (Wildman–Crippen LogP) is 2.31. The largest absolute Gasteiger partial charge is 0.508 e. The lowest BCUT2D eigenvalue weighted by molar-refractivity contribution is 0.475. The number of nitrogens with two attached hydrogens (primary N) is 1. The van der Waals surface area contributed by atoms with Gasteiger partial charge in [-0.15, -0.1) is 0 Å². The second-order valence-electron chi connectivity index (χ2n) is 3.89. The molecule has 0 bridgehead atoms. The third-order valence-corrected chi connectivity index (χ3v) is 2.69. The van der Waals surface area contributed by atoms with Crippen molar-refractivity contribution in [3.05, 3.63) is 48.7 Å². The number of rotatable bonds is 1. The van der Waals surface area contributed by atoms with Crippen molar-refractivity contribution in [3.8, 4) is 11.4 Å². The maximum Gasteiger partial charge on any atom is 0.115 e. The van der Waals surface area contributed by atoms with Crippen molar-refractivity contribution in [3.63, 3.8) is 0 Å². The lowest BCUT2D eigenvalue weighted by Crippen LogP contribution is -1.95. The van der Waals surface area contributed by atoms with Crippen LogP contribution in [-0.2, 0) is 0 Å². The molecular formula is C13H11N3O. The van der Waals surface area contributed by atoms with Gasteiger partial charge in [-0.05, 0) is 42.5 Å². The Morgan fingerprint density at radius 1 is 1.06 bits per heavy atom. The van der Waals surface area contributed by atoms with Crippen molar-refractivity contribution in [1.29, 1.82) is 0 Å². The molecule has 0 amide bonds. The summed E-state index contributed by atoms with van der Waals surface area (Å²) < 4.78 is 1.80. The van der Waals surface area contributed by atoms with Gasteiger partial charge in [0.2, 0.25) is 0 Å². The topological polar surface area (TPSA) is 64.1 Å². The van der Waals surface area contributed by atoms with Gasteiger partial charge in [0.1, 0.15) is 5.75 Å². The first-order chi connectivity index (χ1) is 8.24. The normalized spacial score (nSPS) is 10.8. The van der Waals surface area contributed by atoms with E-state index in [9.17, 15) is 5.11 Å². The Kier molecular flexibility index (Phi) is 2.01. The van der Waals surface area contributed by atoms with Gasteiger partial charge in [0.25, 0.3) is 0 Å². The van der Waals surface area contributed by atoms with E-state index in [2.05, 4.69) is 5.10 Å². The van der Waals surface area contributed by atoms with Crippen molar-refractivity contribution < 1.29 is 5.11 Å². The Balaban J connectivity index is 2.23. The molecule has 0 aliphatic rings. The van der Waals surface area contributed by atoms with Gasteiger partial charge < -0.3 is 10.8 Å². The molecule has 4 heteroatoms. The zero-order valence-corrected chi connectivity index (χ0v) is 9.04. The summed E-state index contributed by atoms with van der Waals surface area (Å²) in [6, 6.07) is 12.6. The molecule has 0 radical (unpaired) electrons. The fraction of sp³-hybridized carbons (Fsp3) is 0. The van der Waals surface area contributed by atoms with E-state index in [0.29, 0.717) is 5.69 Å². The van der Waals surface area contributed by atoms with E-state index in [1.54, 1.807) is 23.0 Å². The smallest absolute Gasteiger partial charge is 0.115 e. The fourth-order valence-corrected chi connectivity index (χ4v) is 1.84. The number of anilines is 1. The van der Waals surface area contributed by atoms with E-state index in [0.717, 1.165) is 16.6 Å². The zero-order chi connectivity index (χ0) is 11.8. The van der Waals surface area contributed by atoms with Gasteiger partial charge in [0.15, 0.2) is 0 Å². The number of hydrogen-bond acceptors (Lipinski definition) is 3. The monoisotopic (exact) mass is 225 g/mol. The number of benzene rings is 2. The number of phenolic OH excluding ortho intramolecular Hbond substituents is 1. The van der Waals surface area contributed by atoms with Crippen molar-refractivity contribution in [2.24, 2.45) is 0 Å². The van der Waals surface area contributed by atoms with Gasteiger partial charge >= 0.3 is 0 Å². The molecule has 17 heavy (non-hydrogen) atoms. The van der Waals surface area contributed by atoms with E-state index in [1.807, 2.05) is 30.3 Å². The van der Waals surface area contributed by atoms with Crippen LogP contribution in [0, 0.1) is 0 Å². The molecule has 3 N–H and O–H groups in total. The first kappa shape index (κ1) is 9.72. The van der Waals surface area contributed by atoms with Gasteiger partial charge in [0, 0.05) is 11.1 Å². The number of nitrogen functional groups attached to an aromatic ring is 1. The highest BCUT2D eigenvalue weighted by Crippen LogP contribution is 2.21. The van der Waals surface area contributed by atoms with E-state index >= 15 is 0 Å². The van der Waals surface area contributed by atoms with Crippen LogP contribution in [0.15, 0.2) is 48.7 Å². The third-order valence-electron chi connectivity index (χ3n) is 2.69. The van der Waals surface area contributed by atoms with Gasteiger partial charge in [-0.3, -0.25) is 0 Å². The number of nitrogens with zero attached hydrogens (tertiary/aromatic N) is 2. The van der Waals surface area contributed by atoms with Crippen LogP contribution in [0.4, 0.5) is 5.69 Å². The molecule has 2 aromatic carbocycles. The molecule has 0 fully saturated rings. The molecule has 0 aliphatic heterocycles. The molecule has 3 aromatic rings. The zero-order valence-electron chi connectivity index (χ0n) is 9.04. The van der Waals surface area contributed by atoms with Crippen LogP contribution < -0.4 is 5.73 Å². The predicted molar refractivity (Wildman–Crippen MR) is 67.1 cm³/mol. The van der Waals surface area contributed by atoms with Crippen LogP contribution in [0.3, 0.4) is 0 Å². The van der Waals surface area contributed by atoms with Crippen LogP contribution >= 0.6 is 0 Å². The Hall–Kier alpha value is -2.49. The minimum Gasteiger partial charge on any atom is -0.508 e. The molecular weight excluding hydrogens is 214 g/mol. The molecule has 84 valence electrons. The minimum absolute atomic E-state index is 0.240. The maximum absolute atomic E-state index is 9.26. The molecule has 3 rings (SSSR count).